The first-order valence-electron chi connectivity index (χ1n) is 9.59. The second kappa shape index (κ2) is 9.23. The maximum absolute atomic E-state index is 12.6. The zero-order chi connectivity index (χ0) is 20.8. The molecule has 3 aromatic rings. The number of rotatable bonds is 8. The predicted octanol–water partition coefficient (Wildman–Crippen LogP) is 4.55. The van der Waals surface area contributed by atoms with E-state index < -0.39 is 6.10 Å². The van der Waals surface area contributed by atoms with Crippen molar-refractivity contribution in [1.29, 1.82) is 0 Å². The number of hydrogen-bond acceptors (Lipinski definition) is 6. The molecule has 1 N–H and O–H groups in total. The minimum atomic E-state index is -0.718. The number of aryl methyl sites for hydroxylation is 1. The van der Waals surface area contributed by atoms with Crippen molar-refractivity contribution in [2.24, 2.45) is 0 Å². The Labute approximate surface area is 170 Å². The van der Waals surface area contributed by atoms with Crippen LogP contribution in [0.4, 0.5) is 5.82 Å². The Bertz CT molecular complexity index is 966. The van der Waals surface area contributed by atoms with Crippen LogP contribution in [0.25, 0.3) is 11.3 Å². The summed E-state index contributed by atoms with van der Waals surface area (Å²) in [5.41, 5.74) is 3.30. The first-order valence-corrected chi connectivity index (χ1v) is 9.59. The van der Waals surface area contributed by atoms with E-state index in [4.69, 9.17) is 14.1 Å². The third-order valence-electron chi connectivity index (χ3n) is 4.56. The Morgan fingerprint density at radius 1 is 1.14 bits per heavy atom. The van der Waals surface area contributed by atoms with Gasteiger partial charge in [-0.3, -0.25) is 4.79 Å². The molecule has 1 heterocycles. The third-order valence-corrected chi connectivity index (χ3v) is 4.56. The Kier molecular flexibility index (Phi) is 6.49. The molecule has 7 heteroatoms. The molecule has 0 saturated carbocycles. The van der Waals surface area contributed by atoms with Gasteiger partial charge >= 0.3 is 0 Å². The van der Waals surface area contributed by atoms with Crippen LogP contribution in [0, 0.1) is 13.8 Å². The summed E-state index contributed by atoms with van der Waals surface area (Å²) in [7, 11) is 0. The van der Waals surface area contributed by atoms with Crippen molar-refractivity contribution in [3.63, 3.8) is 0 Å². The number of ether oxygens (including phenoxy) is 2. The molecule has 0 unspecified atom stereocenters. The molecule has 152 valence electrons. The number of benzene rings is 2. The second-order valence-corrected chi connectivity index (χ2v) is 6.78. The van der Waals surface area contributed by atoms with Gasteiger partial charge in [0.2, 0.25) is 5.82 Å². The lowest BCUT2D eigenvalue weighted by Gasteiger charge is -2.16. The molecule has 3 rings (SSSR count). The zero-order valence-electron chi connectivity index (χ0n) is 17.1. The van der Waals surface area contributed by atoms with Gasteiger partial charge in [0.05, 0.1) is 6.61 Å². The smallest absolute Gasteiger partial charge is 0.266 e. The molecule has 0 aliphatic heterocycles. The van der Waals surface area contributed by atoms with Gasteiger partial charge < -0.3 is 14.8 Å². The Morgan fingerprint density at radius 3 is 2.62 bits per heavy atom. The van der Waals surface area contributed by atoms with Gasteiger partial charge in [-0.1, -0.05) is 19.1 Å². The Morgan fingerprint density at radius 2 is 1.90 bits per heavy atom. The van der Waals surface area contributed by atoms with Crippen LogP contribution < -0.4 is 14.8 Å². The molecule has 0 saturated heterocycles. The maximum atomic E-state index is 12.6. The molecule has 2 aromatic carbocycles. The number of carbonyl (C=O) groups excluding carboxylic acids is 1. The molecule has 0 aliphatic carbocycles. The monoisotopic (exact) mass is 395 g/mol. The average molecular weight is 395 g/mol. The van der Waals surface area contributed by atoms with E-state index in [2.05, 4.69) is 22.6 Å². The van der Waals surface area contributed by atoms with Crippen molar-refractivity contribution in [1.82, 2.24) is 10.3 Å². The molecule has 0 spiro atoms. The van der Waals surface area contributed by atoms with Crippen LogP contribution in [-0.4, -0.2) is 28.9 Å². The highest BCUT2D eigenvalue weighted by atomic mass is 16.6. The van der Waals surface area contributed by atoms with Crippen molar-refractivity contribution in [2.45, 2.75) is 40.2 Å². The summed E-state index contributed by atoms with van der Waals surface area (Å²) in [6, 6.07) is 13.1. The van der Waals surface area contributed by atoms with E-state index in [9.17, 15) is 4.79 Å². The number of nitrogens with zero attached hydrogens (tertiary/aromatic N) is 2. The SMILES string of the molecule is CCCOc1ccc(-c2nonc2NC(=O)[C@@H](C)Oc2cccc(C)c2C)cc1. The summed E-state index contributed by atoms with van der Waals surface area (Å²) in [5, 5.41) is 10.5. The second-order valence-electron chi connectivity index (χ2n) is 6.78. The predicted molar refractivity (Wildman–Crippen MR) is 110 cm³/mol. The van der Waals surface area contributed by atoms with Crippen molar-refractivity contribution < 1.29 is 18.9 Å². The molecule has 0 aliphatic rings. The number of aromatic nitrogens is 2. The van der Waals surface area contributed by atoms with Gasteiger partial charge in [0.25, 0.3) is 5.91 Å². The molecule has 0 fully saturated rings. The van der Waals surface area contributed by atoms with Gasteiger partial charge in [0.15, 0.2) is 11.8 Å². The van der Waals surface area contributed by atoms with E-state index >= 15 is 0 Å². The van der Waals surface area contributed by atoms with Crippen molar-refractivity contribution in [3.8, 4) is 22.8 Å². The minimum absolute atomic E-state index is 0.244. The van der Waals surface area contributed by atoms with Crippen LogP contribution in [0.3, 0.4) is 0 Å². The highest BCUT2D eigenvalue weighted by Gasteiger charge is 2.21. The largest absolute Gasteiger partial charge is 0.494 e. The minimum Gasteiger partial charge on any atom is -0.494 e. The molecule has 1 atom stereocenters. The van der Waals surface area contributed by atoms with Gasteiger partial charge in [-0.25, -0.2) is 4.63 Å². The van der Waals surface area contributed by atoms with Crippen LogP contribution in [0.1, 0.15) is 31.4 Å². The van der Waals surface area contributed by atoms with Crippen molar-refractivity contribution in [2.75, 3.05) is 11.9 Å². The normalized spacial score (nSPS) is 11.7. The van der Waals surface area contributed by atoms with Crippen LogP contribution in [0.2, 0.25) is 0 Å². The fourth-order valence-electron chi connectivity index (χ4n) is 2.70. The summed E-state index contributed by atoms with van der Waals surface area (Å²) in [4.78, 5) is 12.6. The van der Waals surface area contributed by atoms with Crippen molar-refractivity contribution in [3.05, 3.63) is 53.6 Å². The van der Waals surface area contributed by atoms with Gasteiger partial charge in [-0.05, 0) is 79.0 Å². The summed E-state index contributed by atoms with van der Waals surface area (Å²) in [5.74, 6) is 1.35. The standard InChI is InChI=1S/C22H25N3O4/c1-5-13-27-18-11-9-17(10-12-18)20-21(25-29-24-20)23-22(26)16(4)28-19-8-6-7-14(2)15(19)3/h6-12,16H,5,13H2,1-4H3,(H,23,25,26)/t16-/m1/s1. The van der Waals surface area contributed by atoms with Gasteiger partial charge in [0, 0.05) is 5.56 Å². The lowest BCUT2D eigenvalue weighted by molar-refractivity contribution is -0.122. The molecule has 0 bridgehead atoms. The molecule has 1 amide bonds. The topological polar surface area (TPSA) is 86.5 Å². The quantitative estimate of drug-likeness (QED) is 0.602. The Balaban J connectivity index is 1.69. The lowest BCUT2D eigenvalue weighted by atomic mass is 10.1. The first kappa shape index (κ1) is 20.4. The molecule has 7 nitrogen and oxygen atoms in total. The number of hydrogen-bond donors (Lipinski definition) is 1. The highest BCUT2D eigenvalue weighted by molar-refractivity contribution is 5.96. The molecule has 0 radical (unpaired) electrons. The summed E-state index contributed by atoms with van der Waals surface area (Å²) in [6.45, 7) is 8.35. The molecular weight excluding hydrogens is 370 g/mol. The lowest BCUT2D eigenvalue weighted by Crippen LogP contribution is -2.30. The molecule has 1 aromatic heterocycles. The summed E-state index contributed by atoms with van der Waals surface area (Å²) in [6.07, 6.45) is 0.220. The number of anilines is 1. The van der Waals surface area contributed by atoms with E-state index in [1.807, 2.05) is 56.3 Å². The van der Waals surface area contributed by atoms with Crippen LogP contribution >= 0.6 is 0 Å². The zero-order valence-corrected chi connectivity index (χ0v) is 17.1. The highest BCUT2D eigenvalue weighted by Crippen LogP contribution is 2.27. The number of nitrogens with one attached hydrogen (secondary N) is 1. The van der Waals surface area contributed by atoms with E-state index in [1.165, 1.54) is 0 Å². The first-order chi connectivity index (χ1) is 14.0. The average Bonchev–Trinajstić information content (AvgIpc) is 3.18. The molecule has 29 heavy (non-hydrogen) atoms. The van der Waals surface area contributed by atoms with Crippen LogP contribution in [-0.2, 0) is 4.79 Å². The number of carbonyl (C=O) groups is 1. The van der Waals surface area contributed by atoms with Crippen LogP contribution in [0.15, 0.2) is 47.1 Å². The summed E-state index contributed by atoms with van der Waals surface area (Å²) >= 11 is 0. The Hall–Kier alpha value is -3.35. The van der Waals surface area contributed by atoms with Crippen LogP contribution in [0.5, 0.6) is 11.5 Å². The van der Waals surface area contributed by atoms with Crippen molar-refractivity contribution >= 4 is 11.7 Å². The number of amides is 1. The van der Waals surface area contributed by atoms with Gasteiger partial charge in [-0.15, -0.1) is 0 Å². The third kappa shape index (κ3) is 4.93. The van der Waals surface area contributed by atoms with E-state index in [0.29, 0.717) is 18.1 Å². The summed E-state index contributed by atoms with van der Waals surface area (Å²) < 4.78 is 16.3. The molecular formula is C22H25N3O4. The van der Waals surface area contributed by atoms with Gasteiger partial charge in [-0.2, -0.15) is 0 Å². The fourth-order valence-corrected chi connectivity index (χ4v) is 2.70. The fraction of sp³-hybridized carbons (Fsp3) is 0.318. The maximum Gasteiger partial charge on any atom is 0.266 e. The van der Waals surface area contributed by atoms with E-state index in [-0.39, 0.29) is 11.7 Å². The van der Waals surface area contributed by atoms with Gasteiger partial charge in [0.1, 0.15) is 11.5 Å². The van der Waals surface area contributed by atoms with E-state index in [1.54, 1.807) is 6.92 Å². The van der Waals surface area contributed by atoms with E-state index in [0.717, 1.165) is 28.9 Å².